The molecule has 2 aromatic carbocycles. The zero-order chi connectivity index (χ0) is 20.6. The Labute approximate surface area is 153 Å². The zero-order valence-electron chi connectivity index (χ0n) is 13.8. The molecule has 0 saturated carbocycles. The molecule has 0 radical (unpaired) electrons. The predicted octanol–water partition coefficient (Wildman–Crippen LogP) is 4.40. The molecular weight excluding hydrogens is 389 g/mol. The van der Waals surface area contributed by atoms with E-state index in [1.807, 2.05) is 0 Å². The first-order chi connectivity index (χ1) is 13.1. The van der Waals surface area contributed by atoms with E-state index in [0.29, 0.717) is 6.07 Å². The van der Waals surface area contributed by atoms with E-state index < -0.39 is 52.8 Å². The molecule has 0 unspecified atom stereocenters. The van der Waals surface area contributed by atoms with Gasteiger partial charge in [0.1, 0.15) is 11.6 Å². The van der Waals surface area contributed by atoms with Crippen LogP contribution in [0.5, 0.6) is 5.75 Å². The molecule has 28 heavy (non-hydrogen) atoms. The van der Waals surface area contributed by atoms with E-state index in [4.69, 9.17) is 5.11 Å². The summed E-state index contributed by atoms with van der Waals surface area (Å²) in [4.78, 5) is 23.1. The third-order valence-electron chi connectivity index (χ3n) is 3.94. The second-order valence-electron chi connectivity index (χ2n) is 5.73. The molecule has 3 aromatic rings. The van der Waals surface area contributed by atoms with Crippen LogP contribution >= 0.6 is 0 Å². The summed E-state index contributed by atoms with van der Waals surface area (Å²) >= 11 is 0. The Hall–Kier alpha value is -3.43. The van der Waals surface area contributed by atoms with E-state index in [0.717, 1.165) is 29.0 Å². The van der Waals surface area contributed by atoms with Crippen molar-refractivity contribution < 1.29 is 36.6 Å². The molecule has 1 aromatic heterocycles. The molecule has 0 spiro atoms. The molecule has 0 atom stereocenters. The van der Waals surface area contributed by atoms with Gasteiger partial charge < -0.3 is 14.4 Å². The Kier molecular flexibility index (Phi) is 4.80. The largest absolute Gasteiger partial charge is 0.511 e. The lowest BCUT2D eigenvalue weighted by molar-refractivity contribution is -0.140. The number of para-hydroxylation sites is 1. The number of nitrogens with zero attached hydrogens (tertiary/aromatic N) is 1. The summed E-state index contributed by atoms with van der Waals surface area (Å²) in [6, 6.07) is 6.01. The summed E-state index contributed by atoms with van der Waals surface area (Å²) < 4.78 is 73.1. The van der Waals surface area contributed by atoms with Gasteiger partial charge in [0, 0.05) is 6.54 Å². The normalized spacial score (nSPS) is 11.6. The van der Waals surface area contributed by atoms with Crippen LogP contribution in [0.3, 0.4) is 0 Å². The number of aromatic nitrogens is 1. The lowest BCUT2D eigenvalue weighted by Gasteiger charge is -2.17. The number of carbonyl (C=O) groups is 1. The van der Waals surface area contributed by atoms with Crippen LogP contribution in [-0.2, 0) is 12.7 Å². The zero-order valence-corrected chi connectivity index (χ0v) is 13.8. The van der Waals surface area contributed by atoms with Gasteiger partial charge in [-0.25, -0.2) is 13.6 Å². The van der Waals surface area contributed by atoms with Crippen LogP contribution < -0.4 is 10.2 Å². The van der Waals surface area contributed by atoms with E-state index >= 15 is 0 Å². The van der Waals surface area contributed by atoms with Crippen molar-refractivity contribution in [1.29, 1.82) is 0 Å². The topological polar surface area (TPSA) is 68.5 Å². The highest BCUT2D eigenvalue weighted by molar-refractivity contribution is 5.81. The van der Waals surface area contributed by atoms with Crippen LogP contribution in [0, 0.1) is 11.6 Å². The van der Waals surface area contributed by atoms with E-state index in [2.05, 4.69) is 4.74 Å². The van der Waals surface area contributed by atoms with Crippen molar-refractivity contribution in [1.82, 2.24) is 4.57 Å². The number of alkyl halides is 3. The smallest absolute Gasteiger partial charge is 0.449 e. The molecule has 0 aliphatic heterocycles. The van der Waals surface area contributed by atoms with Gasteiger partial charge >= 0.3 is 12.3 Å². The van der Waals surface area contributed by atoms with Gasteiger partial charge in [0.05, 0.1) is 22.7 Å². The summed E-state index contributed by atoms with van der Waals surface area (Å²) in [6.45, 7) is -0.694. The molecule has 0 amide bonds. The number of pyridine rings is 1. The highest BCUT2D eigenvalue weighted by atomic mass is 19.4. The third kappa shape index (κ3) is 3.53. The van der Waals surface area contributed by atoms with Crippen molar-refractivity contribution in [2.75, 3.05) is 0 Å². The number of benzene rings is 2. The standard InChI is InChI=1S/C18H10F5NO4/c19-11-5-1-3-9(14(11)18(21,22)23)7-24-8-13(28-17(26)27)16(25)10-4-2-6-12(20)15(10)24/h1-6,8H,7H2,(H,26,27). The van der Waals surface area contributed by atoms with E-state index in [1.165, 1.54) is 12.1 Å². The molecule has 5 nitrogen and oxygen atoms in total. The first kappa shape index (κ1) is 19.3. The molecule has 0 saturated heterocycles. The van der Waals surface area contributed by atoms with E-state index in [-0.39, 0.29) is 10.9 Å². The molecule has 0 fully saturated rings. The molecule has 3 rings (SSSR count). The van der Waals surface area contributed by atoms with Crippen LogP contribution in [0.4, 0.5) is 26.7 Å². The van der Waals surface area contributed by atoms with Gasteiger partial charge in [0.15, 0.2) is 5.75 Å². The van der Waals surface area contributed by atoms with Crippen LogP contribution in [0.15, 0.2) is 47.4 Å². The van der Waals surface area contributed by atoms with Crippen molar-refractivity contribution in [3.63, 3.8) is 0 Å². The van der Waals surface area contributed by atoms with Gasteiger partial charge in [0.2, 0.25) is 5.43 Å². The number of ether oxygens (including phenoxy) is 1. The Morgan fingerprint density at radius 2 is 1.71 bits per heavy atom. The maximum atomic E-state index is 14.3. The highest BCUT2D eigenvalue weighted by Crippen LogP contribution is 2.35. The van der Waals surface area contributed by atoms with Crippen LogP contribution in [0.1, 0.15) is 11.1 Å². The fourth-order valence-corrected chi connectivity index (χ4v) is 2.88. The number of hydrogen-bond donors (Lipinski definition) is 1. The summed E-state index contributed by atoms with van der Waals surface area (Å²) in [5.41, 5.74) is -3.41. The van der Waals surface area contributed by atoms with Crippen molar-refractivity contribution >= 4 is 17.1 Å². The second kappa shape index (κ2) is 6.95. The average Bonchev–Trinajstić information content (AvgIpc) is 2.57. The van der Waals surface area contributed by atoms with Crippen molar-refractivity contribution in [3.05, 3.63) is 75.6 Å². The van der Waals surface area contributed by atoms with E-state index in [9.17, 15) is 31.5 Å². The molecular formula is C18H10F5NO4. The number of rotatable bonds is 3. The van der Waals surface area contributed by atoms with Crippen LogP contribution in [0.25, 0.3) is 10.9 Å². The highest BCUT2D eigenvalue weighted by Gasteiger charge is 2.36. The minimum atomic E-state index is -5.02. The predicted molar refractivity (Wildman–Crippen MR) is 87.3 cm³/mol. The Morgan fingerprint density at radius 1 is 1.07 bits per heavy atom. The Morgan fingerprint density at radius 3 is 2.36 bits per heavy atom. The first-order valence-electron chi connectivity index (χ1n) is 7.66. The number of carboxylic acid groups (broad SMARTS) is 1. The number of halogens is 5. The maximum Gasteiger partial charge on any atom is 0.511 e. The third-order valence-corrected chi connectivity index (χ3v) is 3.94. The summed E-state index contributed by atoms with van der Waals surface area (Å²) in [7, 11) is 0. The fraction of sp³-hybridized carbons (Fsp3) is 0.111. The van der Waals surface area contributed by atoms with Gasteiger partial charge in [0.25, 0.3) is 0 Å². The quantitative estimate of drug-likeness (QED) is 0.524. The van der Waals surface area contributed by atoms with Crippen molar-refractivity contribution in [3.8, 4) is 5.75 Å². The minimum Gasteiger partial charge on any atom is -0.449 e. The molecule has 146 valence electrons. The molecule has 0 aliphatic rings. The van der Waals surface area contributed by atoms with E-state index in [1.54, 1.807) is 0 Å². The first-order valence-corrected chi connectivity index (χ1v) is 7.66. The van der Waals surface area contributed by atoms with Crippen molar-refractivity contribution in [2.45, 2.75) is 12.7 Å². The summed E-state index contributed by atoms with van der Waals surface area (Å²) in [5, 5.41) is 8.44. The summed E-state index contributed by atoms with van der Waals surface area (Å²) in [6.07, 6.45) is -6.08. The molecule has 1 N–H and O–H groups in total. The van der Waals surface area contributed by atoms with Gasteiger partial charge in [-0.05, 0) is 23.8 Å². The van der Waals surface area contributed by atoms with Gasteiger partial charge in [-0.15, -0.1) is 0 Å². The Balaban J connectivity index is 2.28. The Bertz CT molecular complexity index is 1140. The summed E-state index contributed by atoms with van der Waals surface area (Å²) in [5.74, 6) is -3.17. The number of hydrogen-bond acceptors (Lipinski definition) is 3. The molecule has 10 heteroatoms. The average molecular weight is 399 g/mol. The lowest BCUT2D eigenvalue weighted by atomic mass is 10.1. The maximum absolute atomic E-state index is 14.3. The van der Waals surface area contributed by atoms with Crippen molar-refractivity contribution in [2.24, 2.45) is 0 Å². The van der Waals surface area contributed by atoms with Gasteiger partial charge in [-0.3, -0.25) is 4.79 Å². The molecule has 0 bridgehead atoms. The number of fused-ring (bicyclic) bond motifs is 1. The lowest BCUT2D eigenvalue weighted by Crippen LogP contribution is -2.19. The molecule has 0 aliphatic carbocycles. The monoisotopic (exact) mass is 399 g/mol. The second-order valence-corrected chi connectivity index (χ2v) is 5.73. The van der Waals surface area contributed by atoms with Crippen LogP contribution in [0.2, 0.25) is 0 Å². The SMILES string of the molecule is O=C(O)Oc1cn(Cc2cccc(F)c2C(F)(F)F)c2c(F)cccc2c1=O. The van der Waals surface area contributed by atoms with Gasteiger partial charge in [-0.1, -0.05) is 18.2 Å². The van der Waals surface area contributed by atoms with Crippen LogP contribution in [-0.4, -0.2) is 15.8 Å². The molecule has 1 heterocycles. The fourth-order valence-electron chi connectivity index (χ4n) is 2.88. The minimum absolute atomic E-state index is 0.302. The van der Waals surface area contributed by atoms with Gasteiger partial charge in [-0.2, -0.15) is 13.2 Å².